The number of Topliss-reactive ketones (excluding diaryl/α,β-unsaturated/α-hetero) is 1. The second-order valence-electron chi connectivity index (χ2n) is 3.81. The summed E-state index contributed by atoms with van der Waals surface area (Å²) in [6.07, 6.45) is 2.14. The van der Waals surface area contributed by atoms with E-state index in [1.807, 2.05) is 0 Å². The maximum atomic E-state index is 11.0. The largest absolute Gasteiger partial charge is 0.379 e. The third-order valence-corrected chi connectivity index (χ3v) is 1.99. The van der Waals surface area contributed by atoms with Crippen molar-refractivity contribution in [1.29, 1.82) is 0 Å². The molecule has 17 heavy (non-hydrogen) atoms. The fourth-order valence-electron chi connectivity index (χ4n) is 1.12. The van der Waals surface area contributed by atoms with Crippen LogP contribution in [0.1, 0.15) is 33.1 Å². The van der Waals surface area contributed by atoms with E-state index in [9.17, 15) is 9.59 Å². The summed E-state index contributed by atoms with van der Waals surface area (Å²) in [6, 6.07) is 0. The van der Waals surface area contributed by atoms with Gasteiger partial charge in [-0.15, -0.1) is 0 Å². The number of ketones is 1. The van der Waals surface area contributed by atoms with Gasteiger partial charge in [0.05, 0.1) is 26.2 Å². The van der Waals surface area contributed by atoms with Gasteiger partial charge in [-0.05, 0) is 13.3 Å². The van der Waals surface area contributed by atoms with Crippen LogP contribution in [0.4, 0.5) is 0 Å². The van der Waals surface area contributed by atoms with Gasteiger partial charge in [0.2, 0.25) is 5.91 Å². The smallest absolute Gasteiger partial charge is 0.227 e. The minimum Gasteiger partial charge on any atom is -0.379 e. The Kier molecular flexibility index (Phi) is 10.9. The molecule has 0 rings (SSSR count). The average molecular weight is 245 g/mol. The number of unbranched alkanes of at least 4 members (excludes halogenated alkanes) is 1. The van der Waals surface area contributed by atoms with Gasteiger partial charge in [0.25, 0.3) is 0 Å². The topological polar surface area (TPSA) is 64.6 Å². The van der Waals surface area contributed by atoms with Crippen LogP contribution in [0, 0.1) is 0 Å². The molecule has 0 saturated heterocycles. The highest BCUT2D eigenvalue weighted by molar-refractivity contribution is 5.96. The third-order valence-electron chi connectivity index (χ3n) is 1.99. The lowest BCUT2D eigenvalue weighted by molar-refractivity contribution is -0.127. The first-order valence-corrected chi connectivity index (χ1v) is 6.08. The van der Waals surface area contributed by atoms with Crippen molar-refractivity contribution in [2.24, 2.45) is 0 Å². The molecule has 100 valence electrons. The third kappa shape index (κ3) is 13.0. The van der Waals surface area contributed by atoms with E-state index in [1.165, 1.54) is 6.92 Å². The number of hydrogen-bond acceptors (Lipinski definition) is 4. The summed E-state index contributed by atoms with van der Waals surface area (Å²) in [5.41, 5.74) is 0. The number of rotatable bonds is 11. The second kappa shape index (κ2) is 11.5. The van der Waals surface area contributed by atoms with E-state index >= 15 is 0 Å². The van der Waals surface area contributed by atoms with E-state index in [-0.39, 0.29) is 18.1 Å². The predicted octanol–water partition coefficient (Wildman–Crippen LogP) is 0.915. The van der Waals surface area contributed by atoms with Gasteiger partial charge in [0.1, 0.15) is 5.78 Å². The Bertz CT molecular complexity index is 219. The van der Waals surface area contributed by atoms with Gasteiger partial charge in [-0.3, -0.25) is 9.59 Å². The van der Waals surface area contributed by atoms with Crippen molar-refractivity contribution in [2.45, 2.75) is 33.1 Å². The molecule has 1 N–H and O–H groups in total. The molecule has 0 aromatic rings. The zero-order valence-electron chi connectivity index (χ0n) is 10.8. The molecule has 0 aliphatic carbocycles. The van der Waals surface area contributed by atoms with Crippen LogP contribution in [-0.4, -0.2) is 44.7 Å². The molecule has 5 nitrogen and oxygen atoms in total. The van der Waals surface area contributed by atoms with Crippen LogP contribution in [0.15, 0.2) is 0 Å². The van der Waals surface area contributed by atoms with Gasteiger partial charge in [-0.1, -0.05) is 13.3 Å². The zero-order chi connectivity index (χ0) is 12.9. The van der Waals surface area contributed by atoms with Crippen LogP contribution in [0.2, 0.25) is 0 Å². The zero-order valence-corrected chi connectivity index (χ0v) is 10.8. The van der Waals surface area contributed by atoms with E-state index < -0.39 is 0 Å². The van der Waals surface area contributed by atoms with Gasteiger partial charge in [0.15, 0.2) is 0 Å². The summed E-state index contributed by atoms with van der Waals surface area (Å²) in [6.45, 7) is 6.28. The Hall–Kier alpha value is -0.940. The SMILES string of the molecule is CCCCOCCOCCNC(=O)CC(C)=O. The number of amides is 1. The number of ether oxygens (including phenoxy) is 2. The number of nitrogens with one attached hydrogen (secondary N) is 1. The van der Waals surface area contributed by atoms with Crippen LogP contribution in [0.3, 0.4) is 0 Å². The summed E-state index contributed by atoms with van der Waals surface area (Å²) in [5, 5.41) is 2.60. The van der Waals surface area contributed by atoms with Crippen LogP contribution in [-0.2, 0) is 19.1 Å². The van der Waals surface area contributed by atoms with Crippen molar-refractivity contribution in [2.75, 3.05) is 33.0 Å². The van der Waals surface area contributed by atoms with E-state index in [2.05, 4.69) is 12.2 Å². The fraction of sp³-hybridized carbons (Fsp3) is 0.833. The summed E-state index contributed by atoms with van der Waals surface area (Å²) in [7, 11) is 0. The maximum Gasteiger partial charge on any atom is 0.227 e. The minimum absolute atomic E-state index is 0.0554. The van der Waals surface area contributed by atoms with Crippen molar-refractivity contribution in [3.63, 3.8) is 0 Å². The highest BCUT2D eigenvalue weighted by atomic mass is 16.5. The van der Waals surface area contributed by atoms with Gasteiger partial charge in [-0.2, -0.15) is 0 Å². The van der Waals surface area contributed by atoms with Crippen LogP contribution >= 0.6 is 0 Å². The molecule has 0 bridgehead atoms. The first-order chi connectivity index (χ1) is 8.16. The quantitative estimate of drug-likeness (QED) is 0.434. The Morgan fingerprint density at radius 3 is 2.29 bits per heavy atom. The summed E-state index contributed by atoms with van der Waals surface area (Å²) in [4.78, 5) is 21.7. The lowest BCUT2D eigenvalue weighted by atomic mass is 10.3. The van der Waals surface area contributed by atoms with E-state index in [4.69, 9.17) is 9.47 Å². The molecule has 0 aliphatic heterocycles. The Labute approximate surface area is 103 Å². The van der Waals surface area contributed by atoms with Crippen molar-refractivity contribution < 1.29 is 19.1 Å². The van der Waals surface area contributed by atoms with Crippen LogP contribution < -0.4 is 5.32 Å². The normalized spacial score (nSPS) is 10.2. The predicted molar refractivity (Wildman–Crippen MR) is 64.9 cm³/mol. The second-order valence-corrected chi connectivity index (χ2v) is 3.81. The highest BCUT2D eigenvalue weighted by Gasteiger charge is 2.03. The van der Waals surface area contributed by atoms with Gasteiger partial charge in [0, 0.05) is 13.2 Å². The van der Waals surface area contributed by atoms with Crippen LogP contribution in [0.25, 0.3) is 0 Å². The molecule has 0 aliphatic rings. The summed E-state index contributed by atoms with van der Waals surface area (Å²) in [5.74, 6) is -0.381. The van der Waals surface area contributed by atoms with Crippen molar-refractivity contribution in [3.05, 3.63) is 0 Å². The molecule has 0 atom stereocenters. The molecule has 5 heteroatoms. The molecule has 1 amide bonds. The fourth-order valence-corrected chi connectivity index (χ4v) is 1.12. The molecule has 0 aromatic carbocycles. The molecule has 0 saturated carbocycles. The Morgan fingerprint density at radius 1 is 1.06 bits per heavy atom. The first kappa shape index (κ1) is 16.1. The van der Waals surface area contributed by atoms with Gasteiger partial charge < -0.3 is 14.8 Å². The molecule has 0 fully saturated rings. The van der Waals surface area contributed by atoms with E-state index in [0.717, 1.165) is 19.4 Å². The van der Waals surface area contributed by atoms with Crippen molar-refractivity contribution >= 4 is 11.7 Å². The minimum atomic E-state index is -0.250. The van der Waals surface area contributed by atoms with Crippen molar-refractivity contribution in [3.8, 4) is 0 Å². The summed E-state index contributed by atoms with van der Waals surface area (Å²) < 4.78 is 10.5. The Balaban J connectivity index is 3.13. The molecular formula is C12H23NO4. The van der Waals surface area contributed by atoms with Crippen LogP contribution in [0.5, 0.6) is 0 Å². The van der Waals surface area contributed by atoms with E-state index in [0.29, 0.717) is 26.4 Å². The molecule has 0 aromatic heterocycles. The number of carbonyl (C=O) groups excluding carboxylic acids is 2. The number of hydrogen-bond donors (Lipinski definition) is 1. The maximum absolute atomic E-state index is 11.0. The highest BCUT2D eigenvalue weighted by Crippen LogP contribution is 1.87. The molecular weight excluding hydrogens is 222 g/mol. The van der Waals surface area contributed by atoms with E-state index in [1.54, 1.807) is 0 Å². The molecule has 0 heterocycles. The monoisotopic (exact) mass is 245 g/mol. The standard InChI is InChI=1S/C12H23NO4/c1-3-4-6-16-8-9-17-7-5-13-12(15)10-11(2)14/h3-10H2,1-2H3,(H,13,15). The Morgan fingerprint density at radius 2 is 1.71 bits per heavy atom. The van der Waals surface area contributed by atoms with Gasteiger partial charge >= 0.3 is 0 Å². The van der Waals surface area contributed by atoms with Crippen molar-refractivity contribution in [1.82, 2.24) is 5.32 Å². The van der Waals surface area contributed by atoms with Gasteiger partial charge in [-0.25, -0.2) is 0 Å². The lowest BCUT2D eigenvalue weighted by Crippen LogP contribution is -2.28. The summed E-state index contributed by atoms with van der Waals surface area (Å²) >= 11 is 0. The molecule has 0 spiro atoms. The number of carbonyl (C=O) groups is 2. The average Bonchev–Trinajstić information content (AvgIpc) is 2.26. The molecule has 0 radical (unpaired) electrons. The first-order valence-electron chi connectivity index (χ1n) is 6.08. The lowest BCUT2D eigenvalue weighted by Gasteiger charge is -2.06. The molecule has 0 unspecified atom stereocenters.